The summed E-state index contributed by atoms with van der Waals surface area (Å²) in [6.07, 6.45) is 2.20. The van der Waals surface area contributed by atoms with Crippen LogP contribution in [-0.2, 0) is 20.2 Å². The number of nitrogens with zero attached hydrogens (tertiary/aromatic N) is 1. The SMILES string of the molecule is Cc1c(Cl)cccc1S(=O)(=O)NC1CCN(C(=O)C2(c3ccc(Cl)cc3)CC2)C1. The van der Waals surface area contributed by atoms with E-state index in [4.69, 9.17) is 23.2 Å². The molecule has 2 aromatic carbocycles. The van der Waals surface area contributed by atoms with Crippen molar-refractivity contribution in [2.45, 2.75) is 42.5 Å². The van der Waals surface area contributed by atoms with E-state index in [-0.39, 0.29) is 16.8 Å². The second kappa shape index (κ2) is 7.58. The van der Waals surface area contributed by atoms with Crippen LogP contribution < -0.4 is 4.72 Å². The first kappa shape index (κ1) is 20.7. The Morgan fingerprint density at radius 1 is 1.14 bits per heavy atom. The Morgan fingerprint density at radius 3 is 2.48 bits per heavy atom. The molecule has 2 aromatic rings. The Balaban J connectivity index is 1.46. The topological polar surface area (TPSA) is 66.5 Å². The summed E-state index contributed by atoms with van der Waals surface area (Å²) in [6.45, 7) is 2.59. The van der Waals surface area contributed by atoms with Crippen molar-refractivity contribution in [1.29, 1.82) is 0 Å². The van der Waals surface area contributed by atoms with Gasteiger partial charge in [-0.15, -0.1) is 0 Å². The Kier molecular flexibility index (Phi) is 5.40. The van der Waals surface area contributed by atoms with Gasteiger partial charge in [-0.05, 0) is 61.6 Å². The number of nitrogens with one attached hydrogen (secondary N) is 1. The lowest BCUT2D eigenvalue weighted by Gasteiger charge is -2.24. The van der Waals surface area contributed by atoms with Gasteiger partial charge in [-0.25, -0.2) is 13.1 Å². The van der Waals surface area contributed by atoms with Gasteiger partial charge >= 0.3 is 0 Å². The maximum absolute atomic E-state index is 13.2. The van der Waals surface area contributed by atoms with Crippen molar-refractivity contribution in [2.75, 3.05) is 13.1 Å². The van der Waals surface area contributed by atoms with Crippen LogP contribution in [0.3, 0.4) is 0 Å². The lowest BCUT2D eigenvalue weighted by atomic mass is 9.94. The molecule has 1 aliphatic heterocycles. The van der Waals surface area contributed by atoms with Gasteiger partial charge in [0.25, 0.3) is 0 Å². The first-order valence-electron chi connectivity index (χ1n) is 9.56. The monoisotopic (exact) mass is 452 g/mol. The van der Waals surface area contributed by atoms with Crippen LogP contribution in [0.15, 0.2) is 47.4 Å². The van der Waals surface area contributed by atoms with Gasteiger partial charge in [-0.3, -0.25) is 4.79 Å². The Bertz CT molecular complexity index is 1050. The number of carbonyl (C=O) groups excluding carboxylic acids is 1. The third-order valence-corrected chi connectivity index (χ3v) is 8.19. The van der Waals surface area contributed by atoms with Gasteiger partial charge in [-0.1, -0.05) is 41.4 Å². The highest BCUT2D eigenvalue weighted by Gasteiger charge is 2.53. The van der Waals surface area contributed by atoms with E-state index in [2.05, 4.69) is 4.72 Å². The van der Waals surface area contributed by atoms with E-state index in [1.165, 1.54) is 0 Å². The van der Waals surface area contributed by atoms with Crippen LogP contribution in [0.1, 0.15) is 30.4 Å². The van der Waals surface area contributed by atoms with Crippen molar-refractivity contribution in [3.05, 3.63) is 63.6 Å². The average Bonchev–Trinajstić information content (AvgIpc) is 3.37. The van der Waals surface area contributed by atoms with E-state index in [0.717, 1.165) is 18.4 Å². The van der Waals surface area contributed by atoms with Gasteiger partial charge in [0, 0.05) is 29.2 Å². The van der Waals surface area contributed by atoms with Gasteiger partial charge in [-0.2, -0.15) is 0 Å². The predicted molar refractivity (Wildman–Crippen MR) is 114 cm³/mol. The quantitative estimate of drug-likeness (QED) is 0.747. The molecule has 154 valence electrons. The van der Waals surface area contributed by atoms with E-state index in [0.29, 0.717) is 35.1 Å². The van der Waals surface area contributed by atoms with E-state index < -0.39 is 15.4 Å². The fourth-order valence-electron chi connectivity index (χ4n) is 4.03. The highest BCUT2D eigenvalue weighted by Crippen LogP contribution is 2.50. The third-order valence-electron chi connectivity index (χ3n) is 5.86. The van der Waals surface area contributed by atoms with Crippen molar-refractivity contribution in [3.8, 4) is 0 Å². The molecule has 8 heteroatoms. The summed E-state index contributed by atoms with van der Waals surface area (Å²) in [5.74, 6) is 0.0699. The number of halogens is 2. The Hall–Kier alpha value is -1.60. The highest BCUT2D eigenvalue weighted by atomic mass is 35.5. The fourth-order valence-corrected chi connectivity index (χ4v) is 5.91. The molecule has 29 heavy (non-hydrogen) atoms. The minimum Gasteiger partial charge on any atom is -0.340 e. The summed E-state index contributed by atoms with van der Waals surface area (Å²) in [5, 5.41) is 1.05. The molecule has 1 aliphatic carbocycles. The fraction of sp³-hybridized carbons (Fsp3) is 0.381. The van der Waals surface area contributed by atoms with Gasteiger partial charge in [0.1, 0.15) is 0 Å². The van der Waals surface area contributed by atoms with Crippen LogP contribution in [0.5, 0.6) is 0 Å². The second-order valence-electron chi connectivity index (χ2n) is 7.81. The number of hydrogen-bond acceptors (Lipinski definition) is 3. The number of likely N-dealkylation sites (tertiary alicyclic amines) is 1. The zero-order chi connectivity index (χ0) is 20.8. The molecule has 1 saturated heterocycles. The average molecular weight is 453 g/mol. The molecule has 5 nitrogen and oxygen atoms in total. The van der Waals surface area contributed by atoms with E-state index in [1.54, 1.807) is 42.2 Å². The molecule has 4 rings (SSSR count). The summed E-state index contributed by atoms with van der Waals surface area (Å²) >= 11 is 12.0. The molecule has 1 unspecified atom stereocenters. The Labute approximate surface area is 181 Å². The van der Waals surface area contributed by atoms with Gasteiger partial charge in [0.15, 0.2) is 0 Å². The molecule has 1 atom stereocenters. The number of hydrogen-bond donors (Lipinski definition) is 1. The molecule has 2 fully saturated rings. The van der Waals surface area contributed by atoms with Crippen molar-refractivity contribution in [1.82, 2.24) is 9.62 Å². The molecular weight excluding hydrogens is 431 g/mol. The molecule has 1 amide bonds. The lowest BCUT2D eigenvalue weighted by Crippen LogP contribution is -2.41. The predicted octanol–water partition coefficient (Wildman–Crippen LogP) is 3.91. The molecule has 1 N–H and O–H groups in total. The number of amides is 1. The number of sulfonamides is 1. The van der Waals surface area contributed by atoms with E-state index >= 15 is 0 Å². The Morgan fingerprint density at radius 2 is 1.83 bits per heavy atom. The van der Waals surface area contributed by atoms with Crippen molar-refractivity contribution in [2.24, 2.45) is 0 Å². The molecule has 0 radical (unpaired) electrons. The van der Waals surface area contributed by atoms with Gasteiger partial charge in [0.05, 0.1) is 10.3 Å². The lowest BCUT2D eigenvalue weighted by molar-refractivity contribution is -0.132. The van der Waals surface area contributed by atoms with Crippen LogP contribution in [0.2, 0.25) is 10.0 Å². The summed E-state index contributed by atoms with van der Waals surface area (Å²) in [5.41, 5.74) is 1.01. The molecule has 2 aliphatic rings. The number of benzene rings is 2. The summed E-state index contributed by atoms with van der Waals surface area (Å²) < 4.78 is 28.4. The summed E-state index contributed by atoms with van der Waals surface area (Å²) in [4.78, 5) is 15.1. The van der Waals surface area contributed by atoms with Crippen LogP contribution in [0.4, 0.5) is 0 Å². The maximum atomic E-state index is 13.2. The largest absolute Gasteiger partial charge is 0.340 e. The maximum Gasteiger partial charge on any atom is 0.241 e. The molecule has 1 heterocycles. The zero-order valence-electron chi connectivity index (χ0n) is 16.0. The molecule has 0 aromatic heterocycles. The third kappa shape index (κ3) is 3.91. The highest BCUT2D eigenvalue weighted by molar-refractivity contribution is 7.89. The van der Waals surface area contributed by atoms with Gasteiger partial charge < -0.3 is 4.90 Å². The summed E-state index contributed by atoms with van der Waals surface area (Å²) in [6, 6.07) is 11.9. The smallest absolute Gasteiger partial charge is 0.241 e. The normalized spacial score (nSPS) is 20.7. The second-order valence-corrected chi connectivity index (χ2v) is 10.3. The molecule has 1 saturated carbocycles. The van der Waals surface area contributed by atoms with Crippen LogP contribution in [-0.4, -0.2) is 38.4 Å². The first-order chi connectivity index (χ1) is 13.7. The van der Waals surface area contributed by atoms with Gasteiger partial charge in [0.2, 0.25) is 15.9 Å². The molecule has 0 spiro atoms. The zero-order valence-corrected chi connectivity index (χ0v) is 18.3. The number of carbonyl (C=O) groups is 1. The summed E-state index contributed by atoms with van der Waals surface area (Å²) in [7, 11) is -3.71. The molecular formula is C21H22Cl2N2O3S. The minimum absolute atomic E-state index is 0.0699. The minimum atomic E-state index is -3.71. The standard InChI is InChI=1S/C21H22Cl2N2O3S/c1-14-18(23)3-2-4-19(14)29(27,28)24-17-9-12-25(13-17)20(26)21(10-11-21)15-5-7-16(22)8-6-15/h2-8,17,24H,9-13H2,1H3. The van der Waals surface area contributed by atoms with Crippen molar-refractivity contribution >= 4 is 39.1 Å². The first-order valence-corrected chi connectivity index (χ1v) is 11.8. The van der Waals surface area contributed by atoms with Crippen molar-refractivity contribution in [3.63, 3.8) is 0 Å². The van der Waals surface area contributed by atoms with E-state index in [9.17, 15) is 13.2 Å². The molecule has 0 bridgehead atoms. The van der Waals surface area contributed by atoms with E-state index in [1.807, 2.05) is 12.1 Å². The van der Waals surface area contributed by atoms with Crippen LogP contribution in [0, 0.1) is 6.92 Å². The van der Waals surface area contributed by atoms with Crippen LogP contribution in [0.25, 0.3) is 0 Å². The van der Waals surface area contributed by atoms with Crippen molar-refractivity contribution < 1.29 is 13.2 Å². The van der Waals surface area contributed by atoms with Crippen LogP contribution >= 0.6 is 23.2 Å². The number of rotatable bonds is 5.